The highest BCUT2D eigenvalue weighted by atomic mass is 19.1. The second kappa shape index (κ2) is 6.77. The molecule has 0 radical (unpaired) electrons. The van der Waals surface area contributed by atoms with Gasteiger partial charge < -0.3 is 15.8 Å². The Labute approximate surface area is 137 Å². The topological polar surface area (TPSA) is 64.3 Å². The van der Waals surface area contributed by atoms with E-state index in [1.807, 2.05) is 0 Å². The Morgan fingerprint density at radius 1 is 1.43 bits per heavy atom. The van der Waals surface area contributed by atoms with E-state index in [4.69, 9.17) is 5.73 Å². The maximum atomic E-state index is 14.2. The molecular weight excluding hydrogens is 295 g/mol. The molecule has 0 aliphatic heterocycles. The van der Waals surface area contributed by atoms with Gasteiger partial charge in [-0.3, -0.25) is 4.79 Å². The van der Waals surface area contributed by atoms with Gasteiger partial charge in [0, 0.05) is 11.6 Å². The predicted octanol–water partition coefficient (Wildman–Crippen LogP) is 3.75. The molecule has 5 heteroatoms. The quantitative estimate of drug-likeness (QED) is 0.654. The number of rotatable bonds is 4. The van der Waals surface area contributed by atoms with Crippen LogP contribution in [0, 0.1) is 17.2 Å². The molecule has 2 atom stereocenters. The molecule has 0 aromatic heterocycles. The van der Waals surface area contributed by atoms with Gasteiger partial charge in [0.05, 0.1) is 24.9 Å². The van der Waals surface area contributed by atoms with Crippen LogP contribution in [0.3, 0.4) is 0 Å². The van der Waals surface area contributed by atoms with E-state index in [-0.39, 0.29) is 23.4 Å². The number of methoxy groups -OCH3 is 1. The number of esters is 1. The van der Waals surface area contributed by atoms with E-state index in [2.05, 4.69) is 30.8 Å². The van der Waals surface area contributed by atoms with Crippen molar-refractivity contribution in [3.05, 3.63) is 23.5 Å². The van der Waals surface area contributed by atoms with E-state index in [1.165, 1.54) is 25.7 Å². The van der Waals surface area contributed by atoms with Gasteiger partial charge in [0.25, 0.3) is 0 Å². The molecule has 0 heterocycles. The molecule has 1 aliphatic rings. The number of carbonyl (C=O) groups excluding carboxylic acids is 1. The van der Waals surface area contributed by atoms with E-state index in [0.717, 1.165) is 12.8 Å². The van der Waals surface area contributed by atoms with Gasteiger partial charge in [0.2, 0.25) is 0 Å². The van der Waals surface area contributed by atoms with Gasteiger partial charge in [0.15, 0.2) is 0 Å². The largest absolute Gasteiger partial charge is 0.469 e. The molecular formula is C18H27FN2O2. The van der Waals surface area contributed by atoms with Crippen molar-refractivity contribution in [1.82, 2.24) is 0 Å². The zero-order chi connectivity index (χ0) is 17.2. The van der Waals surface area contributed by atoms with Gasteiger partial charge in [-0.15, -0.1) is 0 Å². The number of anilines is 2. The van der Waals surface area contributed by atoms with E-state index < -0.39 is 11.8 Å². The number of hydrogen-bond acceptors (Lipinski definition) is 4. The van der Waals surface area contributed by atoms with Crippen LogP contribution >= 0.6 is 0 Å². The smallest absolute Gasteiger partial charge is 0.310 e. The zero-order valence-corrected chi connectivity index (χ0v) is 14.4. The number of hydrogen-bond donors (Lipinski definition) is 2. The number of benzene rings is 1. The number of halogens is 1. The lowest BCUT2D eigenvalue weighted by molar-refractivity contribution is -0.139. The highest BCUT2D eigenvalue weighted by molar-refractivity contribution is 5.75. The Bertz CT molecular complexity index is 587. The highest BCUT2D eigenvalue weighted by Gasteiger charge is 2.32. The Hall–Kier alpha value is -1.78. The minimum atomic E-state index is -0.480. The van der Waals surface area contributed by atoms with Crippen molar-refractivity contribution in [3.63, 3.8) is 0 Å². The van der Waals surface area contributed by atoms with Gasteiger partial charge in [-0.1, -0.05) is 20.8 Å². The van der Waals surface area contributed by atoms with Crippen molar-refractivity contribution in [1.29, 1.82) is 0 Å². The molecule has 4 nitrogen and oxygen atoms in total. The Morgan fingerprint density at radius 2 is 2.13 bits per heavy atom. The first kappa shape index (κ1) is 17.6. The number of nitrogens with one attached hydrogen (secondary N) is 1. The van der Waals surface area contributed by atoms with Crippen LogP contribution in [-0.4, -0.2) is 19.1 Å². The SMILES string of the molecule is COC(=O)Cc1cc(N)c(N[C@H]2C[C@@H](C)CC(C)(C)C2)cc1F. The fourth-order valence-electron chi connectivity index (χ4n) is 3.80. The Balaban J connectivity index is 2.14. The van der Waals surface area contributed by atoms with Crippen LogP contribution in [0.15, 0.2) is 12.1 Å². The molecule has 128 valence electrons. The normalized spacial score (nSPS) is 23.3. The van der Waals surface area contributed by atoms with Gasteiger partial charge in [-0.2, -0.15) is 0 Å². The van der Waals surface area contributed by atoms with Crippen LogP contribution < -0.4 is 11.1 Å². The summed E-state index contributed by atoms with van der Waals surface area (Å²) < 4.78 is 18.8. The lowest BCUT2D eigenvalue weighted by Gasteiger charge is -2.39. The van der Waals surface area contributed by atoms with Crippen molar-refractivity contribution in [2.24, 2.45) is 11.3 Å². The second-order valence-corrected chi connectivity index (χ2v) is 7.54. The highest BCUT2D eigenvalue weighted by Crippen LogP contribution is 2.40. The minimum absolute atomic E-state index is 0.111. The number of carbonyl (C=O) groups is 1. The van der Waals surface area contributed by atoms with E-state index in [1.54, 1.807) is 0 Å². The Morgan fingerprint density at radius 3 is 2.74 bits per heavy atom. The summed E-state index contributed by atoms with van der Waals surface area (Å²) in [6.07, 6.45) is 3.17. The third-order valence-electron chi connectivity index (χ3n) is 4.53. The predicted molar refractivity (Wildman–Crippen MR) is 90.7 cm³/mol. The molecule has 2 rings (SSSR count). The number of ether oxygens (including phenoxy) is 1. The lowest BCUT2D eigenvalue weighted by atomic mass is 9.70. The summed E-state index contributed by atoms with van der Waals surface area (Å²) >= 11 is 0. The van der Waals surface area contributed by atoms with Crippen molar-refractivity contribution in [3.8, 4) is 0 Å². The van der Waals surface area contributed by atoms with Crippen LogP contribution in [0.25, 0.3) is 0 Å². The molecule has 1 saturated carbocycles. The zero-order valence-electron chi connectivity index (χ0n) is 14.4. The van der Waals surface area contributed by atoms with Crippen molar-refractivity contribution in [2.45, 2.75) is 52.5 Å². The average molecular weight is 322 g/mol. The van der Waals surface area contributed by atoms with Gasteiger partial charge >= 0.3 is 5.97 Å². The average Bonchev–Trinajstić information content (AvgIpc) is 2.41. The maximum absolute atomic E-state index is 14.2. The van der Waals surface area contributed by atoms with Crippen LogP contribution in [0.4, 0.5) is 15.8 Å². The summed E-state index contributed by atoms with van der Waals surface area (Å²) in [7, 11) is 1.28. The number of nitrogens with two attached hydrogens (primary N) is 1. The molecule has 23 heavy (non-hydrogen) atoms. The fraction of sp³-hybridized carbons (Fsp3) is 0.611. The summed E-state index contributed by atoms with van der Waals surface area (Å²) in [6.45, 7) is 6.78. The molecule has 0 unspecified atom stereocenters. The maximum Gasteiger partial charge on any atom is 0.310 e. The molecule has 1 aliphatic carbocycles. The lowest BCUT2D eigenvalue weighted by Crippen LogP contribution is -2.35. The molecule has 0 saturated heterocycles. The molecule has 0 spiro atoms. The van der Waals surface area contributed by atoms with Crippen molar-refractivity contribution in [2.75, 3.05) is 18.2 Å². The molecule has 1 aromatic rings. The monoisotopic (exact) mass is 322 g/mol. The van der Waals surface area contributed by atoms with Crippen molar-refractivity contribution < 1.29 is 13.9 Å². The first-order valence-corrected chi connectivity index (χ1v) is 8.11. The standard InChI is InChI=1S/C18H27FN2O2/c1-11-5-13(10-18(2,3)9-11)21-16-8-14(19)12(6-15(16)20)7-17(22)23-4/h6,8,11,13,21H,5,7,9-10,20H2,1-4H3/t11-,13+/m1/s1. The summed E-state index contributed by atoms with van der Waals surface area (Å²) in [4.78, 5) is 11.3. The second-order valence-electron chi connectivity index (χ2n) is 7.54. The summed E-state index contributed by atoms with van der Waals surface area (Å²) in [5.41, 5.74) is 7.64. The van der Waals surface area contributed by atoms with Crippen LogP contribution in [0.2, 0.25) is 0 Å². The van der Waals surface area contributed by atoms with Crippen LogP contribution in [0.1, 0.15) is 45.6 Å². The summed E-state index contributed by atoms with van der Waals surface area (Å²) in [5, 5.41) is 3.39. The minimum Gasteiger partial charge on any atom is -0.469 e. The van der Waals surface area contributed by atoms with Crippen molar-refractivity contribution >= 4 is 17.3 Å². The van der Waals surface area contributed by atoms with E-state index >= 15 is 0 Å². The summed E-state index contributed by atoms with van der Waals surface area (Å²) in [6, 6.07) is 3.19. The van der Waals surface area contributed by atoms with Gasteiger partial charge in [-0.25, -0.2) is 4.39 Å². The number of nitrogen functional groups attached to an aromatic ring is 1. The van der Waals surface area contributed by atoms with Gasteiger partial charge in [0.1, 0.15) is 5.82 Å². The molecule has 1 aromatic carbocycles. The van der Waals surface area contributed by atoms with Crippen LogP contribution in [-0.2, 0) is 16.0 Å². The van der Waals surface area contributed by atoms with Gasteiger partial charge in [-0.05, 0) is 42.7 Å². The molecule has 1 fully saturated rings. The fourth-order valence-corrected chi connectivity index (χ4v) is 3.80. The Kier molecular flexibility index (Phi) is 5.17. The molecule has 0 bridgehead atoms. The first-order chi connectivity index (χ1) is 10.7. The van der Waals surface area contributed by atoms with E-state index in [9.17, 15) is 9.18 Å². The third kappa shape index (κ3) is 4.60. The third-order valence-corrected chi connectivity index (χ3v) is 4.53. The first-order valence-electron chi connectivity index (χ1n) is 8.11. The summed E-state index contributed by atoms with van der Waals surface area (Å²) in [5.74, 6) is -0.289. The van der Waals surface area contributed by atoms with E-state index in [0.29, 0.717) is 17.3 Å². The molecule has 0 amide bonds. The van der Waals surface area contributed by atoms with Crippen LogP contribution in [0.5, 0.6) is 0 Å². The molecule has 3 N–H and O–H groups in total.